The Labute approximate surface area is 139 Å². The van der Waals surface area contributed by atoms with E-state index < -0.39 is 0 Å². The van der Waals surface area contributed by atoms with Crippen LogP contribution in [0.2, 0.25) is 0 Å². The molecule has 0 aliphatic rings. The van der Waals surface area contributed by atoms with Crippen LogP contribution in [-0.2, 0) is 6.54 Å². The molecular weight excluding hydrogens is 292 g/mol. The molecule has 0 saturated carbocycles. The molecule has 5 nitrogen and oxygen atoms in total. The van der Waals surface area contributed by atoms with Gasteiger partial charge in [-0.1, -0.05) is 39.0 Å². The number of urea groups is 1. The summed E-state index contributed by atoms with van der Waals surface area (Å²) in [5.74, 6) is 0.677. The topological polar surface area (TPSA) is 70.6 Å². The number of benzene rings is 1. The van der Waals surface area contributed by atoms with E-state index in [1.165, 1.54) is 0 Å². The van der Waals surface area contributed by atoms with E-state index in [1.54, 1.807) is 0 Å². The van der Waals surface area contributed by atoms with E-state index in [1.807, 2.05) is 38.1 Å². The molecule has 1 aromatic rings. The summed E-state index contributed by atoms with van der Waals surface area (Å²) in [6, 6.07) is 7.28. The lowest BCUT2D eigenvalue weighted by atomic mass is 9.82. The summed E-state index contributed by atoms with van der Waals surface area (Å²) < 4.78 is 5.46. The third kappa shape index (κ3) is 7.88. The molecule has 5 heteroatoms. The summed E-state index contributed by atoms with van der Waals surface area (Å²) in [6.45, 7) is 11.1. The Morgan fingerprint density at radius 1 is 1.17 bits per heavy atom. The van der Waals surface area contributed by atoms with Crippen LogP contribution in [-0.4, -0.2) is 29.9 Å². The normalized spacial score (nSPS) is 11.9. The van der Waals surface area contributed by atoms with E-state index in [0.29, 0.717) is 12.3 Å². The summed E-state index contributed by atoms with van der Waals surface area (Å²) in [6.07, 6.45) is 0.879. The lowest BCUT2D eigenvalue weighted by molar-refractivity contribution is 0.199. The van der Waals surface area contributed by atoms with Gasteiger partial charge in [-0.3, -0.25) is 0 Å². The maximum Gasteiger partial charge on any atom is 0.315 e. The number of para-hydroxylation sites is 1. The quantitative estimate of drug-likeness (QED) is 0.722. The first-order chi connectivity index (χ1) is 10.6. The molecule has 0 radical (unpaired) electrons. The predicted molar refractivity (Wildman–Crippen MR) is 92.5 cm³/mol. The van der Waals surface area contributed by atoms with Crippen LogP contribution < -0.4 is 15.4 Å². The molecule has 130 valence electrons. The third-order valence-electron chi connectivity index (χ3n) is 3.19. The molecule has 0 aliphatic heterocycles. The maximum absolute atomic E-state index is 12.1. The molecule has 0 heterocycles. The number of rotatable bonds is 7. The smallest absolute Gasteiger partial charge is 0.315 e. The Morgan fingerprint density at radius 2 is 1.83 bits per heavy atom. The molecule has 0 saturated heterocycles. The second-order valence-electron chi connectivity index (χ2n) is 7.61. The van der Waals surface area contributed by atoms with E-state index in [0.717, 1.165) is 12.0 Å². The summed E-state index contributed by atoms with van der Waals surface area (Å²) in [5.41, 5.74) is 0.737. The van der Waals surface area contributed by atoms with Crippen LogP contribution in [0.5, 0.6) is 5.75 Å². The van der Waals surface area contributed by atoms with Crippen molar-refractivity contribution in [1.29, 1.82) is 0 Å². The molecule has 23 heavy (non-hydrogen) atoms. The first-order valence-electron chi connectivity index (χ1n) is 8.00. The minimum Gasteiger partial charge on any atom is -0.491 e. The number of aliphatic hydroxyl groups excluding tert-OH is 1. The standard InChI is InChI=1S/C18H30N2O3/c1-17(2,3)13-18(4,5)20-16(22)19-12-14-8-6-7-9-15(14)23-11-10-21/h6-9,21H,10-13H2,1-5H3,(H2,19,20,22). The summed E-state index contributed by atoms with van der Waals surface area (Å²) in [4.78, 5) is 12.1. The van der Waals surface area contributed by atoms with Crippen LogP contribution in [0.1, 0.15) is 46.6 Å². The number of ether oxygens (including phenoxy) is 1. The average Bonchev–Trinajstić information content (AvgIpc) is 2.40. The maximum atomic E-state index is 12.1. The predicted octanol–water partition coefficient (Wildman–Crippen LogP) is 3.07. The van der Waals surface area contributed by atoms with Crippen molar-refractivity contribution in [2.24, 2.45) is 5.41 Å². The zero-order chi connectivity index (χ0) is 17.5. The van der Waals surface area contributed by atoms with Gasteiger partial charge < -0.3 is 20.5 Å². The largest absolute Gasteiger partial charge is 0.491 e. The van der Waals surface area contributed by atoms with Crippen molar-refractivity contribution in [2.45, 2.75) is 53.1 Å². The molecule has 0 bridgehead atoms. The number of hydrogen-bond donors (Lipinski definition) is 3. The van der Waals surface area contributed by atoms with Crippen molar-refractivity contribution >= 4 is 6.03 Å². The number of nitrogens with one attached hydrogen (secondary N) is 2. The first kappa shape index (κ1) is 19.3. The van der Waals surface area contributed by atoms with Crippen molar-refractivity contribution in [3.63, 3.8) is 0 Å². The SMILES string of the molecule is CC(C)(C)CC(C)(C)NC(=O)NCc1ccccc1OCCO. The Bertz CT molecular complexity index is 507. The van der Waals surface area contributed by atoms with Gasteiger partial charge in [-0.25, -0.2) is 4.79 Å². The first-order valence-corrected chi connectivity index (χ1v) is 8.00. The Kier molecular flexibility index (Phi) is 6.88. The number of carbonyl (C=O) groups excluding carboxylic acids is 1. The summed E-state index contributed by atoms with van der Waals surface area (Å²) >= 11 is 0. The second kappa shape index (κ2) is 8.20. The zero-order valence-electron chi connectivity index (χ0n) is 14.9. The van der Waals surface area contributed by atoms with Crippen LogP contribution in [0.3, 0.4) is 0 Å². The van der Waals surface area contributed by atoms with Gasteiger partial charge in [-0.15, -0.1) is 0 Å². The molecule has 3 N–H and O–H groups in total. The van der Waals surface area contributed by atoms with Gasteiger partial charge >= 0.3 is 6.03 Å². The van der Waals surface area contributed by atoms with Gasteiger partial charge in [-0.05, 0) is 31.7 Å². The number of hydrogen-bond acceptors (Lipinski definition) is 3. The monoisotopic (exact) mass is 322 g/mol. The molecular formula is C18H30N2O3. The van der Waals surface area contributed by atoms with Gasteiger partial charge in [-0.2, -0.15) is 0 Å². The summed E-state index contributed by atoms with van der Waals surface area (Å²) in [7, 11) is 0. The van der Waals surface area contributed by atoms with Crippen LogP contribution in [0, 0.1) is 5.41 Å². The van der Waals surface area contributed by atoms with Crippen molar-refractivity contribution in [2.75, 3.05) is 13.2 Å². The van der Waals surface area contributed by atoms with Gasteiger partial charge in [0, 0.05) is 17.6 Å². The van der Waals surface area contributed by atoms with E-state index in [9.17, 15) is 4.79 Å². The minimum atomic E-state index is -0.283. The Morgan fingerprint density at radius 3 is 2.43 bits per heavy atom. The average molecular weight is 322 g/mol. The van der Waals surface area contributed by atoms with Crippen LogP contribution in [0.15, 0.2) is 24.3 Å². The lowest BCUT2D eigenvalue weighted by Crippen LogP contribution is -2.49. The van der Waals surface area contributed by atoms with Crippen molar-refractivity contribution < 1.29 is 14.6 Å². The molecule has 1 aromatic carbocycles. The Balaban J connectivity index is 2.56. The van der Waals surface area contributed by atoms with Gasteiger partial charge in [0.15, 0.2) is 0 Å². The highest BCUT2D eigenvalue weighted by Crippen LogP contribution is 2.26. The number of aliphatic hydroxyl groups is 1. The van der Waals surface area contributed by atoms with Crippen molar-refractivity contribution in [1.82, 2.24) is 10.6 Å². The van der Waals surface area contributed by atoms with E-state index in [4.69, 9.17) is 9.84 Å². The molecule has 0 atom stereocenters. The van der Waals surface area contributed by atoms with Crippen LogP contribution in [0.25, 0.3) is 0 Å². The van der Waals surface area contributed by atoms with Crippen molar-refractivity contribution in [3.8, 4) is 5.75 Å². The molecule has 1 rings (SSSR count). The van der Waals surface area contributed by atoms with Gasteiger partial charge in [0.05, 0.1) is 6.61 Å². The fourth-order valence-electron chi connectivity index (χ4n) is 2.84. The molecule has 2 amide bonds. The highest BCUT2D eigenvalue weighted by molar-refractivity contribution is 5.74. The van der Waals surface area contributed by atoms with Crippen LogP contribution in [0.4, 0.5) is 4.79 Å². The minimum absolute atomic E-state index is 0.0385. The van der Waals surface area contributed by atoms with Gasteiger partial charge in [0.2, 0.25) is 0 Å². The fourth-order valence-corrected chi connectivity index (χ4v) is 2.84. The summed E-state index contributed by atoms with van der Waals surface area (Å²) in [5, 5.41) is 14.7. The fraction of sp³-hybridized carbons (Fsp3) is 0.611. The molecule has 0 aliphatic carbocycles. The highest BCUT2D eigenvalue weighted by Gasteiger charge is 2.26. The lowest BCUT2D eigenvalue weighted by Gasteiger charge is -2.33. The molecule has 0 unspecified atom stereocenters. The zero-order valence-corrected chi connectivity index (χ0v) is 14.9. The third-order valence-corrected chi connectivity index (χ3v) is 3.19. The molecule has 0 fully saturated rings. The number of amides is 2. The Hall–Kier alpha value is -1.75. The van der Waals surface area contributed by atoms with Gasteiger partial charge in [0.25, 0.3) is 0 Å². The van der Waals surface area contributed by atoms with Gasteiger partial charge in [0.1, 0.15) is 12.4 Å². The van der Waals surface area contributed by atoms with E-state index in [2.05, 4.69) is 31.4 Å². The molecule has 0 aromatic heterocycles. The molecule has 0 spiro atoms. The van der Waals surface area contributed by atoms with E-state index >= 15 is 0 Å². The highest BCUT2D eigenvalue weighted by atomic mass is 16.5. The second-order valence-corrected chi connectivity index (χ2v) is 7.61. The van der Waals surface area contributed by atoms with Crippen molar-refractivity contribution in [3.05, 3.63) is 29.8 Å². The number of carbonyl (C=O) groups is 1. The van der Waals surface area contributed by atoms with E-state index in [-0.39, 0.29) is 30.2 Å². The van der Waals surface area contributed by atoms with Crippen LogP contribution >= 0.6 is 0 Å².